The zero-order chi connectivity index (χ0) is 18.4. The van der Waals surface area contributed by atoms with E-state index in [2.05, 4.69) is 91.8 Å². The Labute approximate surface area is 158 Å². The van der Waals surface area contributed by atoms with Crippen molar-refractivity contribution >= 4 is 13.6 Å². The molecule has 0 N–H and O–H groups in total. The van der Waals surface area contributed by atoms with Crippen molar-refractivity contribution in [3.05, 3.63) is 113 Å². The summed E-state index contributed by atoms with van der Waals surface area (Å²) in [5.41, 5.74) is 8.42. The molecule has 3 aromatic carbocycles. The van der Waals surface area contributed by atoms with Gasteiger partial charge in [0, 0.05) is 11.1 Å². The van der Waals surface area contributed by atoms with Crippen molar-refractivity contribution in [3.63, 3.8) is 0 Å². The Morgan fingerprint density at radius 3 is 1.62 bits per heavy atom. The molecule has 0 heterocycles. The molecule has 0 radical (unpaired) electrons. The molecule has 26 heavy (non-hydrogen) atoms. The van der Waals surface area contributed by atoms with Crippen LogP contribution in [0.2, 0.25) is 19.6 Å². The molecule has 0 unspecified atom stereocenters. The molecular weight excluding hydrogens is 328 g/mol. The van der Waals surface area contributed by atoms with E-state index in [4.69, 9.17) is 0 Å². The third-order valence-electron chi connectivity index (χ3n) is 3.98. The highest BCUT2D eigenvalue weighted by atomic mass is 28.3. The molecule has 0 saturated heterocycles. The second-order valence-corrected chi connectivity index (χ2v) is 12.5. The van der Waals surface area contributed by atoms with Crippen molar-refractivity contribution in [2.45, 2.75) is 19.6 Å². The summed E-state index contributed by atoms with van der Waals surface area (Å²) >= 11 is 0. The van der Waals surface area contributed by atoms with Crippen LogP contribution >= 0.6 is 0 Å². The molecule has 3 rings (SSSR count). The maximum Gasteiger partial charge on any atom is 0.0695 e. The van der Waals surface area contributed by atoms with E-state index in [1.54, 1.807) is 0 Å². The van der Waals surface area contributed by atoms with Gasteiger partial charge in [0.25, 0.3) is 0 Å². The van der Waals surface area contributed by atoms with E-state index < -0.39 is 8.07 Å². The molecule has 0 nitrogen and oxygen atoms in total. The molecule has 0 atom stereocenters. The van der Waals surface area contributed by atoms with Crippen LogP contribution in [0.25, 0.3) is 5.57 Å². The second kappa shape index (κ2) is 8.04. The fraction of sp³-hybridized carbons (Fsp3) is 0.120. The van der Waals surface area contributed by atoms with Gasteiger partial charge in [-0.1, -0.05) is 97.8 Å². The van der Waals surface area contributed by atoms with Crippen LogP contribution in [0.3, 0.4) is 0 Å². The number of rotatable bonds is 3. The lowest BCUT2D eigenvalue weighted by atomic mass is 9.98. The topological polar surface area (TPSA) is 0 Å². The van der Waals surface area contributed by atoms with Crippen molar-refractivity contribution in [1.29, 1.82) is 0 Å². The molecule has 0 aliphatic heterocycles. The van der Waals surface area contributed by atoms with Crippen LogP contribution in [-0.4, -0.2) is 8.07 Å². The molecule has 0 saturated carbocycles. The van der Waals surface area contributed by atoms with Gasteiger partial charge in [-0.25, -0.2) is 0 Å². The lowest BCUT2D eigenvalue weighted by molar-refractivity contribution is 1.53. The van der Waals surface area contributed by atoms with E-state index in [0.717, 1.165) is 11.1 Å². The Morgan fingerprint density at radius 2 is 1.08 bits per heavy atom. The van der Waals surface area contributed by atoms with Gasteiger partial charge in [0.05, 0.1) is 8.07 Å². The van der Waals surface area contributed by atoms with Gasteiger partial charge in [0.1, 0.15) is 0 Å². The first-order valence-corrected chi connectivity index (χ1v) is 12.5. The summed E-state index contributed by atoms with van der Waals surface area (Å²) in [5.74, 6) is 6.48. The van der Waals surface area contributed by atoms with Gasteiger partial charge < -0.3 is 0 Å². The number of benzene rings is 3. The van der Waals surface area contributed by atoms with E-state index in [9.17, 15) is 0 Å². The van der Waals surface area contributed by atoms with Gasteiger partial charge in [-0.2, -0.15) is 0 Å². The summed E-state index contributed by atoms with van der Waals surface area (Å²) in [6.45, 7) is 7.11. The van der Waals surface area contributed by atoms with Crippen molar-refractivity contribution < 1.29 is 0 Å². The fourth-order valence-electron chi connectivity index (χ4n) is 2.78. The monoisotopic (exact) mass is 352 g/mol. The average Bonchev–Trinajstić information content (AvgIpc) is 2.66. The summed E-state index contributed by atoms with van der Waals surface area (Å²) in [6.07, 6.45) is 0. The Hall–Kier alpha value is -2.82. The Bertz CT molecular complexity index is 932. The quantitative estimate of drug-likeness (QED) is 0.378. The summed E-state index contributed by atoms with van der Waals surface area (Å²) in [7, 11) is -1.35. The Morgan fingerprint density at radius 1 is 0.615 bits per heavy atom. The minimum absolute atomic E-state index is 1.04. The minimum Gasteiger partial charge on any atom is -0.0867 e. The first kappa shape index (κ1) is 18.0. The van der Waals surface area contributed by atoms with Crippen LogP contribution in [0.1, 0.15) is 22.3 Å². The van der Waals surface area contributed by atoms with Crippen LogP contribution in [0.5, 0.6) is 0 Å². The summed E-state index contributed by atoms with van der Waals surface area (Å²) in [6, 6.07) is 29.4. The molecular formula is C25H24Si. The van der Waals surface area contributed by atoms with Crippen LogP contribution in [0.15, 0.2) is 90.6 Å². The summed E-state index contributed by atoms with van der Waals surface area (Å²) < 4.78 is 0. The molecule has 0 aliphatic carbocycles. The van der Waals surface area contributed by atoms with Crippen molar-refractivity contribution in [1.82, 2.24) is 0 Å². The lowest BCUT2D eigenvalue weighted by Crippen LogP contribution is -2.17. The lowest BCUT2D eigenvalue weighted by Gasteiger charge is -2.16. The SMILES string of the molecule is C[Si](C)(C)/C=C(/c1ccccc1)c1ccc(C#Cc2ccccc2)cc1. The number of hydrogen-bond donors (Lipinski definition) is 0. The van der Waals surface area contributed by atoms with E-state index in [1.165, 1.54) is 16.7 Å². The molecule has 0 amide bonds. The zero-order valence-corrected chi connectivity index (χ0v) is 16.7. The fourth-order valence-corrected chi connectivity index (χ4v) is 3.98. The van der Waals surface area contributed by atoms with Gasteiger partial charge in [-0.15, -0.1) is 0 Å². The van der Waals surface area contributed by atoms with Crippen molar-refractivity contribution in [3.8, 4) is 11.8 Å². The zero-order valence-electron chi connectivity index (χ0n) is 15.7. The Balaban J connectivity index is 1.92. The third-order valence-corrected chi connectivity index (χ3v) is 5.14. The second-order valence-electron chi connectivity index (χ2n) is 7.48. The van der Waals surface area contributed by atoms with Gasteiger partial charge in [0.15, 0.2) is 0 Å². The van der Waals surface area contributed by atoms with Gasteiger partial charge >= 0.3 is 0 Å². The van der Waals surface area contributed by atoms with Crippen LogP contribution in [-0.2, 0) is 0 Å². The van der Waals surface area contributed by atoms with E-state index >= 15 is 0 Å². The smallest absolute Gasteiger partial charge is 0.0695 e. The number of hydrogen-bond acceptors (Lipinski definition) is 0. The van der Waals surface area contributed by atoms with Gasteiger partial charge in [-0.3, -0.25) is 0 Å². The average molecular weight is 353 g/mol. The van der Waals surface area contributed by atoms with Gasteiger partial charge in [-0.05, 0) is 41.0 Å². The first-order chi connectivity index (χ1) is 12.5. The highest BCUT2D eigenvalue weighted by Gasteiger charge is 2.13. The standard InChI is InChI=1S/C25H24Si/c1-26(2,3)20-25(23-12-8-5-9-13-23)24-18-16-22(17-19-24)15-14-21-10-6-4-7-11-21/h4-13,16-20H,1-3H3/b25-20-. The molecule has 3 aromatic rings. The predicted molar refractivity (Wildman–Crippen MR) is 116 cm³/mol. The molecule has 128 valence electrons. The van der Waals surface area contributed by atoms with Crippen molar-refractivity contribution in [2.24, 2.45) is 0 Å². The van der Waals surface area contributed by atoms with Crippen LogP contribution in [0.4, 0.5) is 0 Å². The predicted octanol–water partition coefficient (Wildman–Crippen LogP) is 6.40. The maximum atomic E-state index is 3.25. The van der Waals surface area contributed by atoms with Crippen LogP contribution < -0.4 is 0 Å². The largest absolute Gasteiger partial charge is 0.0867 e. The summed E-state index contributed by atoms with van der Waals surface area (Å²) in [5, 5.41) is 0. The summed E-state index contributed by atoms with van der Waals surface area (Å²) in [4.78, 5) is 0. The first-order valence-electron chi connectivity index (χ1n) is 8.97. The van der Waals surface area contributed by atoms with E-state index in [1.807, 2.05) is 30.3 Å². The molecule has 0 aliphatic rings. The third kappa shape index (κ3) is 5.08. The van der Waals surface area contributed by atoms with E-state index in [-0.39, 0.29) is 0 Å². The minimum atomic E-state index is -1.35. The molecule has 0 aromatic heterocycles. The molecule has 1 heteroatoms. The normalized spacial score (nSPS) is 11.6. The maximum absolute atomic E-state index is 3.25. The van der Waals surface area contributed by atoms with Gasteiger partial charge in [0.2, 0.25) is 0 Å². The highest BCUT2D eigenvalue weighted by Crippen LogP contribution is 2.26. The molecule has 0 bridgehead atoms. The van der Waals surface area contributed by atoms with Crippen LogP contribution in [0, 0.1) is 11.8 Å². The Kier molecular flexibility index (Phi) is 5.56. The molecule has 0 fully saturated rings. The highest BCUT2D eigenvalue weighted by molar-refractivity contribution is 6.81. The molecule has 0 spiro atoms. The van der Waals surface area contributed by atoms with E-state index in [0.29, 0.717) is 0 Å². The van der Waals surface area contributed by atoms with Crippen molar-refractivity contribution in [2.75, 3.05) is 0 Å².